The van der Waals surface area contributed by atoms with Crippen molar-refractivity contribution in [1.82, 2.24) is 15.2 Å². The van der Waals surface area contributed by atoms with Gasteiger partial charge in [-0.3, -0.25) is 10.5 Å². The van der Waals surface area contributed by atoms with Crippen molar-refractivity contribution in [3.05, 3.63) is 49.6 Å². The summed E-state index contributed by atoms with van der Waals surface area (Å²) in [5.41, 5.74) is 4.83. The molecule has 20 heavy (non-hydrogen) atoms. The van der Waals surface area contributed by atoms with E-state index in [-0.39, 0.29) is 12.1 Å². The lowest BCUT2D eigenvalue weighted by atomic mass is 10.0. The van der Waals surface area contributed by atoms with Crippen LogP contribution in [-0.2, 0) is 0 Å². The van der Waals surface area contributed by atoms with Gasteiger partial charge in [0, 0.05) is 15.5 Å². The smallest absolute Gasteiger partial charge is 0.0900 e. The van der Waals surface area contributed by atoms with Crippen LogP contribution in [-0.4, -0.2) is 9.78 Å². The van der Waals surface area contributed by atoms with Gasteiger partial charge in [0.1, 0.15) is 0 Å². The molecule has 0 saturated heterocycles. The van der Waals surface area contributed by atoms with E-state index >= 15 is 0 Å². The first-order valence-electron chi connectivity index (χ1n) is 6.09. The summed E-state index contributed by atoms with van der Waals surface area (Å²) in [6.07, 6.45) is 1.78. The Bertz CT molecular complexity index is 612. The first-order valence-corrected chi connectivity index (χ1v) is 8.06. The summed E-state index contributed by atoms with van der Waals surface area (Å²) in [6, 6.07) is 5.68. The molecule has 4 nitrogen and oxygen atoms in total. The molecule has 0 amide bonds. The van der Waals surface area contributed by atoms with Crippen LogP contribution in [0.4, 0.5) is 0 Å². The quantitative estimate of drug-likeness (QED) is 0.574. The van der Waals surface area contributed by atoms with E-state index in [4.69, 9.17) is 17.4 Å². The highest BCUT2D eigenvalue weighted by Gasteiger charge is 2.23. The van der Waals surface area contributed by atoms with Gasteiger partial charge in [0.15, 0.2) is 0 Å². The largest absolute Gasteiger partial charge is 0.271 e. The third-order valence-electron chi connectivity index (χ3n) is 2.99. The van der Waals surface area contributed by atoms with Crippen LogP contribution in [0.1, 0.15) is 37.2 Å². The normalized spacial score (nSPS) is 12.9. The standard InChI is InChI=1S/C13H15Br2ClN4/c1-7(2)20-13(11(15)6-18-20)12(19-17)9-4-3-8(16)5-10(9)14/h3-7,12,19H,17H2,1-2H3. The van der Waals surface area contributed by atoms with Crippen LogP contribution in [0.3, 0.4) is 0 Å². The van der Waals surface area contributed by atoms with Gasteiger partial charge in [0.05, 0.1) is 22.4 Å². The summed E-state index contributed by atoms with van der Waals surface area (Å²) >= 11 is 13.1. The third kappa shape index (κ3) is 3.09. The predicted molar refractivity (Wildman–Crippen MR) is 88.6 cm³/mol. The number of nitrogens with zero attached hydrogens (tertiary/aromatic N) is 2. The molecule has 0 bridgehead atoms. The number of nitrogens with two attached hydrogens (primary N) is 1. The fourth-order valence-corrected chi connectivity index (χ4v) is 3.50. The predicted octanol–water partition coefficient (Wildman–Crippen LogP) is 4.20. The first kappa shape index (κ1) is 16.0. The molecular weight excluding hydrogens is 407 g/mol. The molecule has 0 aliphatic rings. The number of hydrazine groups is 1. The molecule has 0 saturated carbocycles. The van der Waals surface area contributed by atoms with Crippen LogP contribution in [0.5, 0.6) is 0 Å². The molecule has 0 spiro atoms. The van der Waals surface area contributed by atoms with Crippen molar-refractivity contribution in [1.29, 1.82) is 0 Å². The highest BCUT2D eigenvalue weighted by Crippen LogP contribution is 2.34. The molecule has 0 aliphatic heterocycles. The summed E-state index contributed by atoms with van der Waals surface area (Å²) in [6.45, 7) is 4.15. The molecule has 2 rings (SSSR count). The van der Waals surface area contributed by atoms with E-state index in [0.29, 0.717) is 5.02 Å². The third-order valence-corrected chi connectivity index (χ3v) is 4.52. The zero-order valence-electron chi connectivity index (χ0n) is 11.1. The van der Waals surface area contributed by atoms with Gasteiger partial charge in [0.2, 0.25) is 0 Å². The van der Waals surface area contributed by atoms with Crippen molar-refractivity contribution in [3.8, 4) is 0 Å². The summed E-state index contributed by atoms with van der Waals surface area (Å²) in [4.78, 5) is 0. The van der Waals surface area contributed by atoms with E-state index in [0.717, 1.165) is 20.2 Å². The summed E-state index contributed by atoms with van der Waals surface area (Å²) in [5.74, 6) is 5.78. The number of aromatic nitrogens is 2. The Balaban J connectivity index is 2.55. The van der Waals surface area contributed by atoms with E-state index in [1.165, 1.54) is 0 Å². The SMILES string of the molecule is CC(C)n1ncc(Br)c1C(NN)c1ccc(Cl)cc1Br. The maximum atomic E-state index is 5.99. The van der Waals surface area contributed by atoms with Crippen molar-refractivity contribution < 1.29 is 0 Å². The fraction of sp³-hybridized carbons (Fsp3) is 0.308. The number of halogens is 3. The molecule has 0 radical (unpaired) electrons. The molecule has 3 N–H and O–H groups in total. The molecule has 7 heteroatoms. The van der Waals surface area contributed by atoms with E-state index in [2.05, 4.69) is 56.2 Å². The van der Waals surface area contributed by atoms with Gasteiger partial charge in [-0.2, -0.15) is 5.10 Å². The minimum atomic E-state index is -0.194. The molecular formula is C13H15Br2ClN4. The first-order chi connectivity index (χ1) is 9.45. The molecule has 1 heterocycles. The van der Waals surface area contributed by atoms with E-state index < -0.39 is 0 Å². The van der Waals surface area contributed by atoms with Gasteiger partial charge < -0.3 is 0 Å². The number of nitrogens with one attached hydrogen (secondary N) is 1. The molecule has 0 aliphatic carbocycles. The highest BCUT2D eigenvalue weighted by atomic mass is 79.9. The molecule has 108 valence electrons. The highest BCUT2D eigenvalue weighted by molar-refractivity contribution is 9.10. The Morgan fingerprint density at radius 3 is 2.55 bits per heavy atom. The second-order valence-electron chi connectivity index (χ2n) is 4.68. The molecule has 1 atom stereocenters. The Hall–Kier alpha value is -0.400. The number of hydrogen-bond acceptors (Lipinski definition) is 3. The maximum absolute atomic E-state index is 5.99. The lowest BCUT2D eigenvalue weighted by Crippen LogP contribution is -2.31. The minimum Gasteiger partial charge on any atom is -0.271 e. The van der Waals surface area contributed by atoms with E-state index in [1.807, 2.05) is 22.9 Å². The van der Waals surface area contributed by atoms with Crippen molar-refractivity contribution in [2.75, 3.05) is 0 Å². The Kier molecular flexibility index (Phi) is 5.25. The number of rotatable bonds is 4. The molecule has 1 unspecified atom stereocenters. The average molecular weight is 423 g/mol. The van der Waals surface area contributed by atoms with Crippen LogP contribution in [0.2, 0.25) is 5.02 Å². The van der Waals surface area contributed by atoms with Crippen LogP contribution < -0.4 is 11.3 Å². The van der Waals surface area contributed by atoms with Gasteiger partial charge in [-0.1, -0.05) is 33.6 Å². The van der Waals surface area contributed by atoms with Crippen LogP contribution >= 0.6 is 43.5 Å². The van der Waals surface area contributed by atoms with E-state index in [1.54, 1.807) is 6.20 Å². The average Bonchev–Trinajstić information content (AvgIpc) is 2.75. The Morgan fingerprint density at radius 1 is 1.30 bits per heavy atom. The monoisotopic (exact) mass is 420 g/mol. The molecule has 0 fully saturated rings. The summed E-state index contributed by atoms with van der Waals surface area (Å²) in [5, 5.41) is 5.06. The second-order valence-corrected chi connectivity index (χ2v) is 6.83. The molecule has 2 aromatic rings. The van der Waals surface area contributed by atoms with Gasteiger partial charge in [0.25, 0.3) is 0 Å². The van der Waals surface area contributed by atoms with Crippen molar-refractivity contribution in [3.63, 3.8) is 0 Å². The minimum absolute atomic E-state index is 0.194. The van der Waals surface area contributed by atoms with E-state index in [9.17, 15) is 0 Å². The lowest BCUT2D eigenvalue weighted by molar-refractivity contribution is 0.475. The van der Waals surface area contributed by atoms with Crippen molar-refractivity contribution in [2.45, 2.75) is 25.9 Å². The maximum Gasteiger partial charge on any atom is 0.0900 e. The second kappa shape index (κ2) is 6.58. The van der Waals surface area contributed by atoms with Gasteiger partial charge >= 0.3 is 0 Å². The Labute approximate surface area is 139 Å². The van der Waals surface area contributed by atoms with Crippen LogP contribution in [0, 0.1) is 0 Å². The summed E-state index contributed by atoms with van der Waals surface area (Å²) < 4.78 is 3.75. The summed E-state index contributed by atoms with van der Waals surface area (Å²) in [7, 11) is 0. The van der Waals surface area contributed by atoms with Gasteiger partial charge in [-0.05, 0) is 47.5 Å². The topological polar surface area (TPSA) is 55.9 Å². The number of benzene rings is 1. The fourth-order valence-electron chi connectivity index (χ4n) is 2.08. The van der Waals surface area contributed by atoms with Crippen LogP contribution in [0.15, 0.2) is 33.3 Å². The molecule has 1 aromatic carbocycles. The number of hydrogen-bond donors (Lipinski definition) is 2. The zero-order chi connectivity index (χ0) is 14.9. The van der Waals surface area contributed by atoms with Gasteiger partial charge in [-0.15, -0.1) is 0 Å². The van der Waals surface area contributed by atoms with Crippen molar-refractivity contribution in [2.24, 2.45) is 5.84 Å². The Morgan fingerprint density at radius 2 is 2.00 bits per heavy atom. The van der Waals surface area contributed by atoms with Gasteiger partial charge in [-0.25, -0.2) is 5.43 Å². The van der Waals surface area contributed by atoms with Crippen molar-refractivity contribution >= 4 is 43.5 Å². The zero-order valence-corrected chi connectivity index (χ0v) is 15.0. The lowest BCUT2D eigenvalue weighted by Gasteiger charge is -2.22. The van der Waals surface area contributed by atoms with Crippen LogP contribution in [0.25, 0.3) is 0 Å². The molecule has 1 aromatic heterocycles.